The van der Waals surface area contributed by atoms with E-state index >= 15 is 0 Å². The van der Waals surface area contributed by atoms with Gasteiger partial charge < -0.3 is 66.4 Å². The smallest absolute Gasteiger partial charge is 0.238 e. The summed E-state index contributed by atoms with van der Waals surface area (Å²) in [6.07, 6.45) is 0. The Hall–Kier alpha value is -7.10. The molecule has 2 heterocycles. The van der Waals surface area contributed by atoms with Crippen LogP contribution >= 0.6 is 0 Å². The second kappa shape index (κ2) is 16.1. The predicted molar refractivity (Wildman–Crippen MR) is 203 cm³/mol. The zero-order chi connectivity index (χ0) is 40.3. The summed E-state index contributed by atoms with van der Waals surface area (Å²) in [7, 11) is 11.3. The minimum absolute atomic E-state index is 0.0139. The molecule has 16 nitrogen and oxygen atoms in total. The Kier molecular flexibility index (Phi) is 11.1. The van der Waals surface area contributed by atoms with Crippen LogP contribution in [-0.4, -0.2) is 80.3 Å². The quantitative estimate of drug-likeness (QED) is 0.112. The highest BCUT2D eigenvalue weighted by molar-refractivity contribution is 5.93. The van der Waals surface area contributed by atoms with Gasteiger partial charge in [0.1, 0.15) is 35.2 Å². The number of ether oxygens (including phenoxy) is 10. The van der Waals surface area contributed by atoms with Gasteiger partial charge in [0.15, 0.2) is 57.5 Å². The first-order valence-electron chi connectivity index (χ1n) is 16.7. The average molecular weight is 775 g/mol. The Morgan fingerprint density at radius 3 is 1.25 bits per heavy atom. The van der Waals surface area contributed by atoms with E-state index < -0.39 is 22.4 Å². The normalized spacial score (nSPS) is 10.9. The minimum Gasteiger partial charge on any atom is -0.502 e. The number of hydrogen-bond acceptors (Lipinski definition) is 16. The average Bonchev–Trinajstić information content (AvgIpc) is 3.23. The third kappa shape index (κ3) is 6.65. The summed E-state index contributed by atoms with van der Waals surface area (Å²) in [6, 6.07) is 12.4. The summed E-state index contributed by atoms with van der Waals surface area (Å²) < 4.78 is 67.4. The zero-order valence-corrected chi connectivity index (χ0v) is 31.6. The van der Waals surface area contributed by atoms with Gasteiger partial charge in [-0.2, -0.15) is 0 Å². The molecule has 4 aromatic carbocycles. The van der Waals surface area contributed by atoms with Crippen molar-refractivity contribution in [3.05, 3.63) is 69.0 Å². The molecule has 0 saturated carbocycles. The Balaban J connectivity index is 1.24. The molecule has 0 aliphatic heterocycles. The maximum absolute atomic E-state index is 13.4. The minimum atomic E-state index is -0.746. The molecule has 294 valence electrons. The summed E-state index contributed by atoms with van der Waals surface area (Å²) in [5, 5.41) is 21.9. The molecule has 0 atom stereocenters. The van der Waals surface area contributed by atoms with Crippen molar-refractivity contribution in [1.82, 2.24) is 0 Å². The van der Waals surface area contributed by atoms with Crippen LogP contribution in [0.4, 0.5) is 0 Å². The molecule has 6 aromatic rings. The van der Waals surface area contributed by atoms with Gasteiger partial charge in [-0.1, -0.05) is 0 Å². The number of aromatic hydroxyl groups is 2. The Morgan fingerprint density at radius 2 is 0.839 bits per heavy atom. The van der Waals surface area contributed by atoms with Crippen molar-refractivity contribution in [2.24, 2.45) is 0 Å². The monoisotopic (exact) mass is 774 g/mol. The van der Waals surface area contributed by atoms with Crippen LogP contribution in [0.15, 0.2) is 67.0 Å². The van der Waals surface area contributed by atoms with Gasteiger partial charge in [-0.25, -0.2) is 0 Å². The molecule has 2 N–H and O–H groups in total. The van der Waals surface area contributed by atoms with Crippen molar-refractivity contribution in [3.63, 3.8) is 0 Å². The van der Waals surface area contributed by atoms with Crippen molar-refractivity contribution in [2.75, 3.05) is 70.1 Å². The number of hydrogen-bond donors (Lipinski definition) is 2. The van der Waals surface area contributed by atoms with Crippen LogP contribution in [0.3, 0.4) is 0 Å². The second-order valence-electron chi connectivity index (χ2n) is 11.7. The lowest BCUT2D eigenvalue weighted by Crippen LogP contribution is -2.10. The van der Waals surface area contributed by atoms with E-state index in [9.17, 15) is 19.8 Å². The third-order valence-electron chi connectivity index (χ3n) is 8.78. The van der Waals surface area contributed by atoms with Gasteiger partial charge in [-0.05, 0) is 36.4 Å². The van der Waals surface area contributed by atoms with E-state index in [1.165, 1.54) is 75.1 Å². The van der Waals surface area contributed by atoms with Crippen LogP contribution in [0.2, 0.25) is 0 Å². The lowest BCUT2D eigenvalue weighted by atomic mass is 10.1. The van der Waals surface area contributed by atoms with Gasteiger partial charge in [0.2, 0.25) is 33.9 Å². The summed E-state index contributed by atoms with van der Waals surface area (Å²) in [5.41, 5.74) is -0.685. The fraction of sp³-hybridized carbons (Fsp3) is 0.250. The number of rotatable bonds is 15. The lowest BCUT2D eigenvalue weighted by Gasteiger charge is -2.16. The van der Waals surface area contributed by atoms with Gasteiger partial charge in [0.25, 0.3) is 0 Å². The molecular formula is C40H38O16. The van der Waals surface area contributed by atoms with E-state index in [0.717, 1.165) is 0 Å². The number of fused-ring (bicyclic) bond motifs is 2. The summed E-state index contributed by atoms with van der Waals surface area (Å²) in [6.45, 7) is 0.0403. The van der Waals surface area contributed by atoms with Gasteiger partial charge in [-0.15, -0.1) is 0 Å². The molecule has 0 saturated heterocycles. The Morgan fingerprint density at radius 1 is 0.446 bits per heavy atom. The fourth-order valence-electron chi connectivity index (χ4n) is 6.17. The lowest BCUT2D eigenvalue weighted by molar-refractivity contribution is 0.206. The third-order valence-corrected chi connectivity index (χ3v) is 8.78. The van der Waals surface area contributed by atoms with Crippen molar-refractivity contribution < 1.29 is 66.4 Å². The predicted octanol–water partition coefficient (Wildman–Crippen LogP) is 6.17. The zero-order valence-electron chi connectivity index (χ0n) is 31.6. The molecule has 2 aromatic heterocycles. The molecular weight excluding hydrogens is 736 g/mol. The number of methoxy groups -OCH3 is 8. The maximum atomic E-state index is 13.4. The van der Waals surface area contributed by atoms with Crippen LogP contribution in [-0.2, 0) is 0 Å². The fourth-order valence-corrected chi connectivity index (χ4v) is 6.17. The molecule has 0 aliphatic carbocycles. The van der Waals surface area contributed by atoms with Gasteiger partial charge in [0.05, 0.1) is 56.9 Å². The molecule has 0 aliphatic rings. The topological polar surface area (TPSA) is 193 Å². The first-order valence-corrected chi connectivity index (χ1v) is 16.7. The van der Waals surface area contributed by atoms with E-state index in [0.29, 0.717) is 22.6 Å². The summed E-state index contributed by atoms with van der Waals surface area (Å²) in [5.74, 6) is 0.581. The number of benzene rings is 4. The maximum Gasteiger partial charge on any atom is 0.238 e. The van der Waals surface area contributed by atoms with Crippen molar-refractivity contribution >= 4 is 21.9 Å². The van der Waals surface area contributed by atoms with Crippen LogP contribution in [0.1, 0.15) is 0 Å². The molecule has 16 heteroatoms. The van der Waals surface area contributed by atoms with Gasteiger partial charge in [-0.3, -0.25) is 9.59 Å². The van der Waals surface area contributed by atoms with E-state index in [4.69, 9.17) is 56.2 Å². The molecule has 56 heavy (non-hydrogen) atoms. The molecule has 0 spiro atoms. The molecule has 0 radical (unpaired) electrons. The standard InChI is InChI=1S/C40H38O16/c1-45-21-11-9-20(36-34(44)32(42)30-26(56-36)18-28(48-4)38(50-6)40(30)52-8)16-24(21)54-14-13-53-22-12-10-19(15-23(22)46-2)35-33(43)31(41)29-25(55-35)17-27(47-3)37(49-5)39(29)51-7/h9-12,15-18,43-44H,13-14H2,1-8H3. The van der Waals surface area contributed by atoms with Crippen molar-refractivity contribution in [1.29, 1.82) is 0 Å². The van der Waals surface area contributed by atoms with Crippen molar-refractivity contribution in [2.45, 2.75) is 0 Å². The van der Waals surface area contributed by atoms with Crippen LogP contribution in [0.5, 0.6) is 69.0 Å². The highest BCUT2D eigenvalue weighted by Gasteiger charge is 2.27. The van der Waals surface area contributed by atoms with E-state index in [1.807, 2.05) is 0 Å². The van der Waals surface area contributed by atoms with Crippen LogP contribution in [0, 0.1) is 0 Å². The Bertz CT molecular complexity index is 2550. The highest BCUT2D eigenvalue weighted by Crippen LogP contribution is 2.46. The summed E-state index contributed by atoms with van der Waals surface area (Å²) >= 11 is 0. The SMILES string of the molecule is COc1cc(-c2oc3cc(OC)c(OC)c(OC)c3c(=O)c2O)ccc1OCCOc1cc(-c2oc3cc(OC)c(OC)c(OC)c3c(=O)c2O)ccc1OC. The van der Waals surface area contributed by atoms with Gasteiger partial charge in [0, 0.05) is 23.3 Å². The van der Waals surface area contributed by atoms with E-state index in [-0.39, 0.29) is 92.7 Å². The van der Waals surface area contributed by atoms with E-state index in [1.54, 1.807) is 30.3 Å². The molecule has 0 fully saturated rings. The summed E-state index contributed by atoms with van der Waals surface area (Å²) in [4.78, 5) is 26.8. The Labute approximate surface area is 318 Å². The molecule has 0 bridgehead atoms. The molecule has 0 amide bonds. The highest BCUT2D eigenvalue weighted by atomic mass is 16.6. The largest absolute Gasteiger partial charge is 0.502 e. The van der Waals surface area contributed by atoms with Crippen LogP contribution < -0.4 is 58.2 Å². The first kappa shape index (κ1) is 38.6. The van der Waals surface area contributed by atoms with Crippen molar-refractivity contribution in [3.8, 4) is 91.6 Å². The van der Waals surface area contributed by atoms with E-state index in [2.05, 4.69) is 0 Å². The first-order chi connectivity index (χ1) is 27.1. The van der Waals surface area contributed by atoms with Gasteiger partial charge >= 0.3 is 0 Å². The molecule has 0 unspecified atom stereocenters. The second-order valence-corrected chi connectivity index (χ2v) is 11.7. The molecule has 6 rings (SSSR count). The van der Waals surface area contributed by atoms with Crippen LogP contribution in [0.25, 0.3) is 44.6 Å².